The van der Waals surface area contributed by atoms with Gasteiger partial charge < -0.3 is 5.32 Å². The second kappa shape index (κ2) is 3.75. The Balaban J connectivity index is 4.11. The molecule has 3 nitrogen and oxygen atoms in total. The zero-order valence-corrected chi connectivity index (χ0v) is 6.66. The molecule has 0 aromatic carbocycles. The van der Waals surface area contributed by atoms with Gasteiger partial charge in [0.25, 0.3) is 0 Å². The minimum absolute atomic E-state index is 1.05. The molecule has 0 aliphatic carbocycles. The average molecular weight is 204 g/mol. The van der Waals surface area contributed by atoms with Crippen molar-refractivity contribution < 1.29 is 22.8 Å². The van der Waals surface area contributed by atoms with Gasteiger partial charge in [-0.2, -0.15) is 13.2 Å². The fraction of sp³-hybridized carbons (Fsp3) is 0.600. The zero-order valence-electron chi connectivity index (χ0n) is 5.91. The van der Waals surface area contributed by atoms with Gasteiger partial charge in [0.1, 0.15) is 6.04 Å². The topological polar surface area (TPSA) is 46.2 Å². The van der Waals surface area contributed by atoms with Crippen molar-refractivity contribution in [1.29, 1.82) is 0 Å². The Labute approximate surface area is 70.9 Å². The molecule has 0 aromatic rings. The molecule has 12 heavy (non-hydrogen) atoms. The van der Waals surface area contributed by atoms with Crippen LogP contribution in [0.25, 0.3) is 0 Å². The fourth-order valence-corrected chi connectivity index (χ4v) is 0.390. The van der Waals surface area contributed by atoms with Crippen LogP contribution in [0.5, 0.6) is 0 Å². The SMILES string of the molecule is CC(NC(=O)C(F)(F)F)C(=O)Cl. The van der Waals surface area contributed by atoms with Crippen LogP contribution >= 0.6 is 11.6 Å². The summed E-state index contributed by atoms with van der Waals surface area (Å²) in [5.74, 6) is -2.18. The summed E-state index contributed by atoms with van der Waals surface area (Å²) in [5, 5.41) is 0.325. The molecule has 0 saturated carbocycles. The third kappa shape index (κ3) is 3.56. The number of carbonyl (C=O) groups is 2. The Morgan fingerprint density at radius 2 is 1.83 bits per heavy atom. The highest BCUT2D eigenvalue weighted by atomic mass is 35.5. The van der Waals surface area contributed by atoms with E-state index in [1.807, 2.05) is 0 Å². The summed E-state index contributed by atoms with van der Waals surface area (Å²) in [6, 6.07) is -1.33. The standard InChI is InChI=1S/C5H5ClF3NO2/c1-2(3(6)11)10-4(12)5(7,8)9/h2H,1H3,(H,10,12). The quantitative estimate of drug-likeness (QED) is 0.676. The summed E-state index contributed by atoms with van der Waals surface area (Å²) in [6.45, 7) is 1.05. The number of halogens is 4. The molecule has 0 bridgehead atoms. The maximum Gasteiger partial charge on any atom is 0.471 e. The van der Waals surface area contributed by atoms with Gasteiger partial charge in [-0.15, -0.1) is 0 Å². The predicted octanol–water partition coefficient (Wildman–Crippen LogP) is 0.819. The maximum absolute atomic E-state index is 11.5. The number of hydrogen-bond donors (Lipinski definition) is 1. The minimum Gasteiger partial charge on any atom is -0.337 e. The molecular formula is C5H5ClF3NO2. The van der Waals surface area contributed by atoms with Gasteiger partial charge in [-0.3, -0.25) is 9.59 Å². The van der Waals surface area contributed by atoms with Crippen molar-refractivity contribution in [2.24, 2.45) is 0 Å². The van der Waals surface area contributed by atoms with Crippen LogP contribution in [0.1, 0.15) is 6.92 Å². The van der Waals surface area contributed by atoms with Gasteiger partial charge >= 0.3 is 12.1 Å². The van der Waals surface area contributed by atoms with E-state index >= 15 is 0 Å². The van der Waals surface area contributed by atoms with Crippen LogP contribution < -0.4 is 5.32 Å². The van der Waals surface area contributed by atoms with Crippen molar-refractivity contribution in [3.63, 3.8) is 0 Å². The van der Waals surface area contributed by atoms with Crippen LogP contribution in [0.4, 0.5) is 13.2 Å². The third-order valence-electron chi connectivity index (χ3n) is 0.946. The number of amides is 1. The Bertz CT molecular complexity index is 203. The molecule has 0 heterocycles. The maximum atomic E-state index is 11.5. The van der Waals surface area contributed by atoms with E-state index in [0.717, 1.165) is 6.92 Å². The highest BCUT2D eigenvalue weighted by molar-refractivity contribution is 6.64. The van der Waals surface area contributed by atoms with Crippen molar-refractivity contribution in [3.8, 4) is 0 Å². The lowest BCUT2D eigenvalue weighted by atomic mass is 10.3. The number of rotatable bonds is 2. The lowest BCUT2D eigenvalue weighted by molar-refractivity contribution is -0.174. The molecule has 1 unspecified atom stereocenters. The monoisotopic (exact) mass is 203 g/mol. The average Bonchev–Trinajstić information content (AvgIpc) is 1.85. The van der Waals surface area contributed by atoms with Crippen LogP contribution in [0.2, 0.25) is 0 Å². The lowest BCUT2D eigenvalue weighted by Crippen LogP contribution is -2.44. The summed E-state index contributed by atoms with van der Waals surface area (Å²) in [4.78, 5) is 20.3. The predicted molar refractivity (Wildman–Crippen MR) is 34.5 cm³/mol. The summed E-state index contributed by atoms with van der Waals surface area (Å²) < 4.78 is 34.5. The van der Waals surface area contributed by atoms with Crippen molar-refractivity contribution in [2.45, 2.75) is 19.1 Å². The molecule has 0 aliphatic rings. The van der Waals surface area contributed by atoms with Gasteiger partial charge in [-0.1, -0.05) is 0 Å². The summed E-state index contributed by atoms with van der Waals surface area (Å²) in [5.41, 5.74) is 0. The third-order valence-corrected chi connectivity index (χ3v) is 1.27. The van der Waals surface area contributed by atoms with Crippen LogP contribution in [0.15, 0.2) is 0 Å². The van der Waals surface area contributed by atoms with Crippen LogP contribution in [0.3, 0.4) is 0 Å². The lowest BCUT2D eigenvalue weighted by Gasteiger charge is -2.10. The first kappa shape index (κ1) is 11.2. The van der Waals surface area contributed by atoms with Crippen molar-refractivity contribution >= 4 is 22.8 Å². The van der Waals surface area contributed by atoms with Gasteiger partial charge in [0.15, 0.2) is 0 Å². The highest BCUT2D eigenvalue weighted by Gasteiger charge is 2.39. The van der Waals surface area contributed by atoms with E-state index in [0.29, 0.717) is 0 Å². The molecule has 1 atom stereocenters. The van der Waals surface area contributed by atoms with Gasteiger partial charge in [0, 0.05) is 0 Å². The minimum atomic E-state index is -4.99. The summed E-state index contributed by atoms with van der Waals surface area (Å²) >= 11 is 4.80. The zero-order chi connectivity index (χ0) is 9.94. The molecule has 0 radical (unpaired) electrons. The second-order valence-corrected chi connectivity index (χ2v) is 2.37. The van der Waals surface area contributed by atoms with Crippen LogP contribution in [-0.2, 0) is 9.59 Å². The Hall–Kier alpha value is -0.780. The number of nitrogens with one attached hydrogen (secondary N) is 1. The van der Waals surface area contributed by atoms with E-state index in [-0.39, 0.29) is 0 Å². The first-order chi connectivity index (χ1) is 5.25. The van der Waals surface area contributed by atoms with Gasteiger partial charge in [0.2, 0.25) is 5.24 Å². The number of hydrogen-bond acceptors (Lipinski definition) is 2. The molecule has 70 valence electrons. The van der Waals surface area contributed by atoms with Crippen LogP contribution in [-0.4, -0.2) is 23.4 Å². The molecule has 0 aromatic heterocycles. The molecule has 0 fully saturated rings. The smallest absolute Gasteiger partial charge is 0.337 e. The molecule has 0 rings (SSSR count). The normalized spacial score (nSPS) is 13.8. The van der Waals surface area contributed by atoms with Crippen molar-refractivity contribution in [3.05, 3.63) is 0 Å². The van der Waals surface area contributed by atoms with Crippen LogP contribution in [0, 0.1) is 0 Å². The Morgan fingerprint density at radius 3 is 2.08 bits per heavy atom. The molecule has 1 N–H and O–H groups in total. The number of carbonyl (C=O) groups excluding carboxylic acids is 2. The summed E-state index contributed by atoms with van der Waals surface area (Å²) in [7, 11) is 0. The van der Waals surface area contributed by atoms with Gasteiger partial charge in [-0.25, -0.2) is 0 Å². The van der Waals surface area contributed by atoms with E-state index < -0.39 is 23.4 Å². The van der Waals surface area contributed by atoms with Gasteiger partial charge in [-0.05, 0) is 18.5 Å². The molecular weight excluding hydrogens is 199 g/mol. The van der Waals surface area contributed by atoms with Gasteiger partial charge in [0.05, 0.1) is 0 Å². The van der Waals surface area contributed by atoms with Crippen molar-refractivity contribution in [2.75, 3.05) is 0 Å². The van der Waals surface area contributed by atoms with E-state index in [1.54, 1.807) is 0 Å². The Kier molecular flexibility index (Phi) is 3.51. The van der Waals surface area contributed by atoms with E-state index in [9.17, 15) is 22.8 Å². The first-order valence-corrected chi connectivity index (χ1v) is 3.20. The van der Waals surface area contributed by atoms with Crippen molar-refractivity contribution in [1.82, 2.24) is 5.32 Å². The molecule has 0 aliphatic heterocycles. The number of alkyl halides is 3. The molecule has 0 spiro atoms. The highest BCUT2D eigenvalue weighted by Crippen LogP contribution is 2.14. The molecule has 0 saturated heterocycles. The largest absolute Gasteiger partial charge is 0.471 e. The van der Waals surface area contributed by atoms with E-state index in [1.165, 1.54) is 5.32 Å². The van der Waals surface area contributed by atoms with E-state index in [2.05, 4.69) is 0 Å². The van der Waals surface area contributed by atoms with E-state index in [4.69, 9.17) is 11.6 Å². The molecule has 7 heteroatoms. The Morgan fingerprint density at radius 1 is 1.42 bits per heavy atom. The fourth-order valence-electron chi connectivity index (χ4n) is 0.335. The summed E-state index contributed by atoms with van der Waals surface area (Å²) in [6.07, 6.45) is -4.99. The second-order valence-electron chi connectivity index (χ2n) is 2.00. The molecule has 1 amide bonds. The first-order valence-electron chi connectivity index (χ1n) is 2.82.